The van der Waals surface area contributed by atoms with Crippen molar-refractivity contribution in [1.29, 1.82) is 0 Å². The Labute approximate surface area is 226 Å². The average molecular weight is 563 g/mol. The van der Waals surface area contributed by atoms with Crippen LogP contribution in [0, 0.1) is 11.7 Å². The normalized spacial score (nSPS) is 21.2. The van der Waals surface area contributed by atoms with E-state index in [4.69, 9.17) is 4.74 Å². The van der Waals surface area contributed by atoms with Gasteiger partial charge in [-0.2, -0.15) is 13.2 Å². The topological polar surface area (TPSA) is 108 Å². The van der Waals surface area contributed by atoms with Crippen molar-refractivity contribution in [2.24, 2.45) is 5.92 Å². The second-order valence-electron chi connectivity index (χ2n) is 10.2. The molecular formula is C27H26F4N4O5. The minimum Gasteiger partial charge on any atom is -0.427 e. The summed E-state index contributed by atoms with van der Waals surface area (Å²) in [6.45, 7) is 0.484. The Bertz CT molecular complexity index is 1360. The minimum absolute atomic E-state index is 0.0831. The lowest BCUT2D eigenvalue weighted by molar-refractivity contribution is -0.187. The Morgan fingerprint density at radius 1 is 1.18 bits per heavy atom. The first kappa shape index (κ1) is 27.6. The fourth-order valence-corrected chi connectivity index (χ4v) is 5.08. The van der Waals surface area contributed by atoms with Crippen LogP contribution in [0.25, 0.3) is 0 Å². The van der Waals surface area contributed by atoms with E-state index in [1.807, 2.05) is 0 Å². The highest BCUT2D eigenvalue weighted by molar-refractivity contribution is 6.06. The SMILES string of the molecule is C[C@H](N(Cc1ccc(F)cc1)C(=O)CN1C(=O)OC2(CCc3cc(NC(=O)C4CNC4)ccc32)C1=O)C(F)(F)F. The first-order valence-corrected chi connectivity index (χ1v) is 12.7. The molecule has 212 valence electrons. The fraction of sp³-hybridized carbons (Fsp3) is 0.407. The Morgan fingerprint density at radius 2 is 1.88 bits per heavy atom. The van der Waals surface area contributed by atoms with Crippen LogP contribution in [-0.2, 0) is 37.7 Å². The van der Waals surface area contributed by atoms with Crippen LogP contribution in [0.1, 0.15) is 30.0 Å². The fourth-order valence-electron chi connectivity index (χ4n) is 5.08. The molecule has 0 saturated carbocycles. The van der Waals surface area contributed by atoms with Gasteiger partial charge in [-0.05, 0) is 48.7 Å². The molecule has 2 aromatic rings. The van der Waals surface area contributed by atoms with Gasteiger partial charge in [-0.15, -0.1) is 0 Å². The van der Waals surface area contributed by atoms with Gasteiger partial charge >= 0.3 is 12.3 Å². The molecule has 2 fully saturated rings. The van der Waals surface area contributed by atoms with Crippen molar-refractivity contribution < 1.29 is 41.5 Å². The molecule has 2 aromatic carbocycles. The van der Waals surface area contributed by atoms with E-state index in [0.717, 1.165) is 19.1 Å². The standard InChI is InChI=1S/C27H26F4N4O5/c1-15(27(29,30)31)34(13-16-2-4-19(28)5-3-16)22(36)14-35-24(38)26(40-25(35)39)9-8-17-10-20(6-7-21(17)26)33-23(37)18-11-32-12-18/h2-7,10,15,18,32H,8-9,11-14H2,1H3,(H,33,37)/t15-,26?/m0/s1. The van der Waals surface area contributed by atoms with Crippen molar-refractivity contribution in [3.8, 4) is 0 Å². The number of nitrogens with one attached hydrogen (secondary N) is 2. The maximum absolute atomic E-state index is 13.6. The Morgan fingerprint density at radius 3 is 2.50 bits per heavy atom. The number of fused-ring (bicyclic) bond motifs is 2. The number of alkyl halides is 3. The van der Waals surface area contributed by atoms with Crippen molar-refractivity contribution in [3.63, 3.8) is 0 Å². The van der Waals surface area contributed by atoms with Crippen molar-refractivity contribution in [2.75, 3.05) is 25.0 Å². The highest BCUT2D eigenvalue weighted by atomic mass is 19.4. The third-order valence-corrected chi connectivity index (χ3v) is 7.60. The maximum atomic E-state index is 13.6. The molecule has 2 aliphatic heterocycles. The monoisotopic (exact) mass is 562 g/mol. The number of aryl methyl sites for hydroxylation is 1. The number of benzene rings is 2. The van der Waals surface area contributed by atoms with Gasteiger partial charge in [0.15, 0.2) is 0 Å². The van der Waals surface area contributed by atoms with E-state index in [2.05, 4.69) is 10.6 Å². The van der Waals surface area contributed by atoms with Crippen LogP contribution < -0.4 is 10.6 Å². The third kappa shape index (κ3) is 5.01. The summed E-state index contributed by atoms with van der Waals surface area (Å²) >= 11 is 0. The molecule has 1 unspecified atom stereocenters. The third-order valence-electron chi connectivity index (χ3n) is 7.60. The number of amides is 4. The number of imide groups is 1. The van der Waals surface area contributed by atoms with E-state index in [0.29, 0.717) is 46.1 Å². The Balaban J connectivity index is 1.34. The highest BCUT2D eigenvalue weighted by Crippen LogP contribution is 2.46. The van der Waals surface area contributed by atoms with Crippen LogP contribution in [-0.4, -0.2) is 65.5 Å². The number of carbonyl (C=O) groups is 4. The largest absolute Gasteiger partial charge is 0.427 e. The summed E-state index contributed by atoms with van der Waals surface area (Å²) in [4.78, 5) is 52.7. The summed E-state index contributed by atoms with van der Waals surface area (Å²) < 4.78 is 59.7. The quantitative estimate of drug-likeness (QED) is 0.503. The van der Waals surface area contributed by atoms with Gasteiger partial charge in [0.2, 0.25) is 17.4 Å². The molecule has 5 rings (SSSR count). The van der Waals surface area contributed by atoms with Gasteiger partial charge in [-0.3, -0.25) is 14.4 Å². The minimum atomic E-state index is -4.79. The zero-order valence-electron chi connectivity index (χ0n) is 21.4. The average Bonchev–Trinajstić information content (AvgIpc) is 3.33. The molecule has 4 amide bonds. The van der Waals surface area contributed by atoms with E-state index < -0.39 is 54.6 Å². The molecule has 0 bridgehead atoms. The van der Waals surface area contributed by atoms with Crippen LogP contribution in [0.2, 0.25) is 0 Å². The summed E-state index contributed by atoms with van der Waals surface area (Å²) in [7, 11) is 0. The van der Waals surface area contributed by atoms with E-state index in [9.17, 15) is 36.7 Å². The molecule has 40 heavy (non-hydrogen) atoms. The lowest BCUT2D eigenvalue weighted by Crippen LogP contribution is -2.51. The van der Waals surface area contributed by atoms with Gasteiger partial charge in [0, 0.05) is 37.3 Å². The van der Waals surface area contributed by atoms with Gasteiger partial charge in [-0.25, -0.2) is 14.1 Å². The molecule has 9 nitrogen and oxygen atoms in total. The number of hydrogen-bond acceptors (Lipinski definition) is 6. The number of nitrogens with zero attached hydrogens (tertiary/aromatic N) is 2. The molecule has 13 heteroatoms. The molecule has 2 N–H and O–H groups in total. The zero-order valence-corrected chi connectivity index (χ0v) is 21.4. The first-order valence-electron chi connectivity index (χ1n) is 12.7. The van der Waals surface area contributed by atoms with Crippen LogP contribution >= 0.6 is 0 Å². The number of anilines is 1. The van der Waals surface area contributed by atoms with E-state index in [1.54, 1.807) is 18.2 Å². The van der Waals surface area contributed by atoms with Crippen molar-refractivity contribution >= 4 is 29.5 Å². The molecule has 2 atom stereocenters. The Kier molecular flexibility index (Phi) is 7.02. The zero-order chi connectivity index (χ0) is 28.8. The van der Waals surface area contributed by atoms with E-state index >= 15 is 0 Å². The molecule has 1 spiro atoms. The molecule has 3 aliphatic rings. The number of carbonyl (C=O) groups excluding carboxylic acids is 4. The maximum Gasteiger partial charge on any atom is 0.418 e. The van der Waals surface area contributed by atoms with Gasteiger partial charge in [0.05, 0.1) is 5.92 Å². The number of ether oxygens (including phenoxy) is 1. The van der Waals surface area contributed by atoms with Gasteiger partial charge < -0.3 is 20.3 Å². The second kappa shape index (κ2) is 10.2. The molecule has 1 aliphatic carbocycles. The van der Waals surface area contributed by atoms with Gasteiger partial charge in [0.25, 0.3) is 5.91 Å². The summed E-state index contributed by atoms with van der Waals surface area (Å²) in [6, 6.07) is 7.21. The number of halogens is 4. The Hall–Kier alpha value is -4.00. The predicted molar refractivity (Wildman–Crippen MR) is 132 cm³/mol. The van der Waals surface area contributed by atoms with Gasteiger partial charge in [0.1, 0.15) is 18.4 Å². The van der Waals surface area contributed by atoms with Crippen LogP contribution in [0.3, 0.4) is 0 Å². The van der Waals surface area contributed by atoms with Crippen LogP contribution in [0.4, 0.5) is 28.0 Å². The second-order valence-corrected chi connectivity index (χ2v) is 10.2. The number of rotatable bonds is 7. The molecular weight excluding hydrogens is 536 g/mol. The summed E-state index contributed by atoms with van der Waals surface area (Å²) in [6.07, 6.45) is -5.51. The van der Waals surface area contributed by atoms with E-state index in [-0.39, 0.29) is 23.8 Å². The number of hydrogen-bond donors (Lipinski definition) is 2. The van der Waals surface area contributed by atoms with Crippen molar-refractivity contribution in [3.05, 3.63) is 65.0 Å². The molecule has 0 aromatic heterocycles. The summed E-state index contributed by atoms with van der Waals surface area (Å²) in [5.74, 6) is -2.84. The van der Waals surface area contributed by atoms with Crippen LogP contribution in [0.15, 0.2) is 42.5 Å². The highest BCUT2D eigenvalue weighted by Gasteiger charge is 2.58. The van der Waals surface area contributed by atoms with Crippen LogP contribution in [0.5, 0.6) is 0 Å². The summed E-state index contributed by atoms with van der Waals surface area (Å²) in [5.41, 5.74) is 0.122. The lowest BCUT2D eigenvalue weighted by atomic mass is 9.94. The van der Waals surface area contributed by atoms with E-state index in [1.165, 1.54) is 12.1 Å². The lowest BCUT2D eigenvalue weighted by Gasteiger charge is -2.31. The molecule has 2 saturated heterocycles. The van der Waals surface area contributed by atoms with Crippen molar-refractivity contribution in [1.82, 2.24) is 15.1 Å². The summed E-state index contributed by atoms with van der Waals surface area (Å²) in [5, 5.41) is 5.84. The molecule has 2 heterocycles. The predicted octanol–water partition coefficient (Wildman–Crippen LogP) is 3.08. The van der Waals surface area contributed by atoms with Gasteiger partial charge in [-0.1, -0.05) is 18.2 Å². The smallest absolute Gasteiger partial charge is 0.418 e. The van der Waals surface area contributed by atoms with Crippen molar-refractivity contribution in [2.45, 2.75) is 44.1 Å². The first-order chi connectivity index (χ1) is 18.9. The molecule has 0 radical (unpaired) electrons.